The van der Waals surface area contributed by atoms with Crippen LogP contribution in [0.2, 0.25) is 0 Å². The molecule has 94 valence electrons. The van der Waals surface area contributed by atoms with Crippen LogP contribution in [0.4, 0.5) is 0 Å². The number of nitrogens with zero attached hydrogens (tertiary/aromatic N) is 2. The molecule has 0 aromatic carbocycles. The number of aromatic carboxylic acids is 1. The maximum absolute atomic E-state index is 10.8. The summed E-state index contributed by atoms with van der Waals surface area (Å²) in [6, 6.07) is 2.31. The van der Waals surface area contributed by atoms with Gasteiger partial charge in [0.15, 0.2) is 0 Å². The van der Waals surface area contributed by atoms with Gasteiger partial charge >= 0.3 is 5.97 Å². The first-order valence-corrected chi connectivity index (χ1v) is 6.26. The van der Waals surface area contributed by atoms with E-state index in [0.717, 1.165) is 13.0 Å². The van der Waals surface area contributed by atoms with E-state index in [2.05, 4.69) is 11.9 Å². The van der Waals surface area contributed by atoms with Crippen LogP contribution in [0.5, 0.6) is 0 Å². The fraction of sp³-hybridized carbons (Fsp3) is 0.615. The van der Waals surface area contributed by atoms with Crippen LogP contribution >= 0.6 is 0 Å². The molecule has 0 spiro atoms. The molecule has 2 rings (SSSR count). The minimum Gasteiger partial charge on any atom is -0.478 e. The molecule has 4 heteroatoms. The standard InChI is InChI=1S/C13H20N2O2/c1-14-7-3-2-4-12(14)6-9-15-8-5-11(10-15)13(16)17/h5,8,10,12H,2-4,6-7,9H2,1H3,(H,16,17). The van der Waals surface area contributed by atoms with E-state index in [1.165, 1.54) is 25.8 Å². The SMILES string of the molecule is CN1CCCCC1CCn1ccc(C(=O)O)c1. The average Bonchev–Trinajstić information content (AvgIpc) is 2.77. The maximum Gasteiger partial charge on any atom is 0.337 e. The fourth-order valence-electron chi connectivity index (χ4n) is 2.51. The van der Waals surface area contributed by atoms with Crippen molar-refractivity contribution < 1.29 is 9.90 Å². The molecule has 1 aromatic rings. The molecule has 17 heavy (non-hydrogen) atoms. The summed E-state index contributed by atoms with van der Waals surface area (Å²) in [6.07, 6.45) is 8.56. The van der Waals surface area contributed by atoms with Gasteiger partial charge in [-0.1, -0.05) is 6.42 Å². The predicted octanol–water partition coefficient (Wildman–Crippen LogP) is 2.06. The molecule has 1 aromatic heterocycles. The zero-order valence-electron chi connectivity index (χ0n) is 10.3. The van der Waals surface area contributed by atoms with Crippen molar-refractivity contribution in [2.45, 2.75) is 38.3 Å². The number of likely N-dealkylation sites (tertiary alicyclic amines) is 1. The van der Waals surface area contributed by atoms with Gasteiger partial charge in [0, 0.05) is 25.0 Å². The third-order valence-corrected chi connectivity index (χ3v) is 3.64. The van der Waals surface area contributed by atoms with Crippen molar-refractivity contribution in [1.82, 2.24) is 9.47 Å². The Hall–Kier alpha value is -1.29. The second-order valence-electron chi connectivity index (χ2n) is 4.86. The predicted molar refractivity (Wildman–Crippen MR) is 66.3 cm³/mol. The van der Waals surface area contributed by atoms with E-state index in [1.54, 1.807) is 12.3 Å². The Kier molecular flexibility index (Phi) is 3.84. The molecular formula is C13H20N2O2. The number of carboxylic acid groups (broad SMARTS) is 1. The highest BCUT2D eigenvalue weighted by molar-refractivity contribution is 5.87. The van der Waals surface area contributed by atoms with Gasteiger partial charge in [0.25, 0.3) is 0 Å². The van der Waals surface area contributed by atoms with E-state index in [1.807, 2.05) is 10.8 Å². The lowest BCUT2D eigenvalue weighted by atomic mass is 10.0. The first-order valence-electron chi connectivity index (χ1n) is 6.26. The van der Waals surface area contributed by atoms with Crippen LogP contribution in [0.3, 0.4) is 0 Å². The van der Waals surface area contributed by atoms with E-state index >= 15 is 0 Å². The second kappa shape index (κ2) is 5.36. The summed E-state index contributed by atoms with van der Waals surface area (Å²) < 4.78 is 1.98. The lowest BCUT2D eigenvalue weighted by molar-refractivity contribution is 0.0697. The highest BCUT2D eigenvalue weighted by Crippen LogP contribution is 2.18. The lowest BCUT2D eigenvalue weighted by Gasteiger charge is -2.32. The summed E-state index contributed by atoms with van der Waals surface area (Å²) in [5, 5.41) is 8.84. The third kappa shape index (κ3) is 3.09. The van der Waals surface area contributed by atoms with E-state index in [9.17, 15) is 4.79 Å². The van der Waals surface area contributed by atoms with Crippen molar-refractivity contribution >= 4 is 5.97 Å². The minimum atomic E-state index is -0.849. The third-order valence-electron chi connectivity index (χ3n) is 3.64. The molecule has 1 aliphatic rings. The van der Waals surface area contributed by atoms with E-state index < -0.39 is 5.97 Å². The molecular weight excluding hydrogens is 216 g/mol. The Morgan fingerprint density at radius 2 is 2.35 bits per heavy atom. The van der Waals surface area contributed by atoms with Gasteiger partial charge in [-0.15, -0.1) is 0 Å². The molecule has 1 saturated heterocycles. The minimum absolute atomic E-state index is 0.377. The Morgan fingerprint density at radius 3 is 3.00 bits per heavy atom. The summed E-state index contributed by atoms with van der Waals surface area (Å²) in [5.41, 5.74) is 0.377. The normalized spacial score (nSPS) is 21.6. The summed E-state index contributed by atoms with van der Waals surface area (Å²) >= 11 is 0. The molecule has 0 bridgehead atoms. The van der Waals surface area contributed by atoms with Gasteiger partial charge in [-0.3, -0.25) is 0 Å². The first kappa shape index (κ1) is 12.2. The molecule has 1 fully saturated rings. The van der Waals surface area contributed by atoms with Gasteiger partial charge in [0.1, 0.15) is 0 Å². The maximum atomic E-state index is 10.8. The molecule has 0 radical (unpaired) electrons. The molecule has 4 nitrogen and oxygen atoms in total. The molecule has 1 atom stereocenters. The number of hydrogen-bond donors (Lipinski definition) is 1. The van der Waals surface area contributed by atoms with Crippen molar-refractivity contribution in [2.75, 3.05) is 13.6 Å². The highest BCUT2D eigenvalue weighted by Gasteiger charge is 2.18. The Bertz CT molecular complexity index is 387. The largest absolute Gasteiger partial charge is 0.478 e. The van der Waals surface area contributed by atoms with Crippen LogP contribution in [0.1, 0.15) is 36.0 Å². The van der Waals surface area contributed by atoms with Crippen LogP contribution in [-0.4, -0.2) is 40.2 Å². The number of carboxylic acids is 1. The summed E-state index contributed by atoms with van der Waals surface area (Å²) in [4.78, 5) is 13.2. The second-order valence-corrected chi connectivity index (χ2v) is 4.86. The molecule has 0 amide bonds. The molecule has 1 N–H and O–H groups in total. The van der Waals surface area contributed by atoms with Gasteiger partial charge in [0.2, 0.25) is 0 Å². The van der Waals surface area contributed by atoms with Crippen molar-refractivity contribution in [3.05, 3.63) is 24.0 Å². The first-order chi connectivity index (χ1) is 8.16. The van der Waals surface area contributed by atoms with Crippen molar-refractivity contribution in [3.8, 4) is 0 Å². The highest BCUT2D eigenvalue weighted by atomic mass is 16.4. The zero-order chi connectivity index (χ0) is 12.3. The average molecular weight is 236 g/mol. The molecule has 1 aliphatic heterocycles. The van der Waals surface area contributed by atoms with Crippen molar-refractivity contribution in [2.24, 2.45) is 0 Å². The van der Waals surface area contributed by atoms with Gasteiger partial charge < -0.3 is 14.6 Å². The Balaban J connectivity index is 1.86. The lowest BCUT2D eigenvalue weighted by Crippen LogP contribution is -2.36. The molecule has 0 saturated carbocycles. The number of rotatable bonds is 4. The van der Waals surface area contributed by atoms with Gasteiger partial charge in [0.05, 0.1) is 5.56 Å². The fourth-order valence-corrected chi connectivity index (χ4v) is 2.51. The Morgan fingerprint density at radius 1 is 1.53 bits per heavy atom. The van der Waals surface area contributed by atoms with Gasteiger partial charge in [-0.2, -0.15) is 0 Å². The monoisotopic (exact) mass is 236 g/mol. The molecule has 1 unspecified atom stereocenters. The van der Waals surface area contributed by atoms with Crippen LogP contribution in [0.25, 0.3) is 0 Å². The van der Waals surface area contributed by atoms with Gasteiger partial charge in [-0.05, 0) is 38.9 Å². The quantitative estimate of drug-likeness (QED) is 0.870. The molecule has 0 aliphatic carbocycles. The number of carbonyl (C=O) groups is 1. The van der Waals surface area contributed by atoms with Gasteiger partial charge in [-0.25, -0.2) is 4.79 Å². The summed E-state index contributed by atoms with van der Waals surface area (Å²) in [6.45, 7) is 2.10. The van der Waals surface area contributed by atoms with Crippen LogP contribution in [0.15, 0.2) is 18.5 Å². The van der Waals surface area contributed by atoms with Crippen molar-refractivity contribution in [1.29, 1.82) is 0 Å². The Labute approximate surface area is 102 Å². The number of aromatic nitrogens is 1. The zero-order valence-corrected chi connectivity index (χ0v) is 10.3. The summed E-state index contributed by atoms with van der Waals surface area (Å²) in [5.74, 6) is -0.849. The van der Waals surface area contributed by atoms with Crippen LogP contribution < -0.4 is 0 Å². The molecule has 2 heterocycles. The van der Waals surface area contributed by atoms with Crippen LogP contribution in [0, 0.1) is 0 Å². The van der Waals surface area contributed by atoms with E-state index in [-0.39, 0.29) is 0 Å². The van der Waals surface area contributed by atoms with E-state index in [4.69, 9.17) is 5.11 Å². The topological polar surface area (TPSA) is 45.5 Å². The number of hydrogen-bond acceptors (Lipinski definition) is 2. The summed E-state index contributed by atoms with van der Waals surface area (Å²) in [7, 11) is 2.18. The number of piperidine rings is 1. The number of aryl methyl sites for hydroxylation is 1. The van der Waals surface area contributed by atoms with Crippen LogP contribution in [-0.2, 0) is 6.54 Å². The smallest absolute Gasteiger partial charge is 0.337 e. The van der Waals surface area contributed by atoms with E-state index in [0.29, 0.717) is 11.6 Å². The van der Waals surface area contributed by atoms with Crippen molar-refractivity contribution in [3.63, 3.8) is 0 Å².